The van der Waals surface area contributed by atoms with Crippen LogP contribution in [0.2, 0.25) is 0 Å². The number of anilines is 1. The number of hydrogen-bond acceptors (Lipinski definition) is 6. The standard InChI is InChI=1S/C18H21BrF3N5O2S/c19-14-15(17(28)23-3-4-26-5-7-29-8-6-26)25-27-13(18(20,21)22)10-11(24-16(14)27)12-2-1-9-30-12/h1-2,9,11,13,24H,3-8,10H2,(H,23,28)/t11-,13-/m1/s1. The molecule has 0 bridgehead atoms. The summed E-state index contributed by atoms with van der Waals surface area (Å²) >= 11 is 4.69. The van der Waals surface area contributed by atoms with Crippen molar-refractivity contribution in [1.82, 2.24) is 20.0 Å². The van der Waals surface area contributed by atoms with Gasteiger partial charge in [0.05, 0.1) is 23.7 Å². The maximum Gasteiger partial charge on any atom is 0.410 e. The van der Waals surface area contributed by atoms with Gasteiger partial charge in [-0.25, -0.2) is 4.68 Å². The van der Waals surface area contributed by atoms with Crippen LogP contribution in [-0.2, 0) is 4.74 Å². The maximum absolute atomic E-state index is 13.8. The molecule has 2 aromatic heterocycles. The van der Waals surface area contributed by atoms with Crippen molar-refractivity contribution in [3.63, 3.8) is 0 Å². The zero-order chi connectivity index (χ0) is 21.3. The van der Waals surface area contributed by atoms with Crippen LogP contribution in [0.15, 0.2) is 22.0 Å². The molecule has 4 heterocycles. The van der Waals surface area contributed by atoms with Gasteiger partial charge in [0.15, 0.2) is 11.7 Å². The third-order valence-corrected chi connectivity index (χ3v) is 6.95. The molecule has 2 aromatic rings. The van der Waals surface area contributed by atoms with Gasteiger partial charge in [-0.3, -0.25) is 9.69 Å². The molecule has 0 saturated carbocycles. The van der Waals surface area contributed by atoms with E-state index in [4.69, 9.17) is 4.74 Å². The van der Waals surface area contributed by atoms with Gasteiger partial charge < -0.3 is 15.4 Å². The van der Waals surface area contributed by atoms with E-state index in [2.05, 4.69) is 36.6 Å². The number of aromatic nitrogens is 2. The Kier molecular flexibility index (Phi) is 6.37. The van der Waals surface area contributed by atoms with Gasteiger partial charge in [-0.15, -0.1) is 11.3 Å². The van der Waals surface area contributed by atoms with Gasteiger partial charge in [0.1, 0.15) is 5.82 Å². The molecule has 0 unspecified atom stereocenters. The Bertz CT molecular complexity index is 883. The molecule has 7 nitrogen and oxygen atoms in total. The van der Waals surface area contributed by atoms with Crippen LogP contribution in [0.5, 0.6) is 0 Å². The first-order valence-corrected chi connectivity index (χ1v) is 11.2. The van der Waals surface area contributed by atoms with E-state index in [0.717, 1.165) is 22.6 Å². The topological polar surface area (TPSA) is 71.4 Å². The molecule has 30 heavy (non-hydrogen) atoms. The molecule has 2 aliphatic heterocycles. The van der Waals surface area contributed by atoms with Crippen molar-refractivity contribution in [2.75, 3.05) is 44.7 Å². The Morgan fingerprint density at radius 1 is 1.40 bits per heavy atom. The average molecular weight is 508 g/mol. The van der Waals surface area contributed by atoms with Crippen LogP contribution in [0.1, 0.15) is 33.9 Å². The van der Waals surface area contributed by atoms with Crippen molar-refractivity contribution in [2.45, 2.75) is 24.7 Å². The molecule has 1 amide bonds. The first-order chi connectivity index (χ1) is 14.3. The van der Waals surface area contributed by atoms with E-state index < -0.39 is 24.2 Å². The summed E-state index contributed by atoms with van der Waals surface area (Å²) in [6.45, 7) is 3.91. The summed E-state index contributed by atoms with van der Waals surface area (Å²) in [4.78, 5) is 15.6. The molecule has 4 rings (SSSR count). The van der Waals surface area contributed by atoms with Crippen LogP contribution in [0.4, 0.5) is 19.0 Å². The van der Waals surface area contributed by atoms with E-state index in [1.54, 1.807) is 12.1 Å². The van der Waals surface area contributed by atoms with Crippen LogP contribution >= 0.6 is 27.3 Å². The first kappa shape index (κ1) is 21.6. The lowest BCUT2D eigenvalue weighted by atomic mass is 10.0. The smallest absolute Gasteiger partial charge is 0.379 e. The number of nitrogens with one attached hydrogen (secondary N) is 2. The highest BCUT2D eigenvalue weighted by Crippen LogP contribution is 2.46. The van der Waals surface area contributed by atoms with E-state index in [9.17, 15) is 18.0 Å². The van der Waals surface area contributed by atoms with E-state index >= 15 is 0 Å². The summed E-state index contributed by atoms with van der Waals surface area (Å²) in [5, 5.41) is 11.7. The van der Waals surface area contributed by atoms with E-state index in [1.165, 1.54) is 11.3 Å². The van der Waals surface area contributed by atoms with Crippen molar-refractivity contribution in [3.05, 3.63) is 32.6 Å². The van der Waals surface area contributed by atoms with Crippen molar-refractivity contribution >= 4 is 39.0 Å². The molecule has 12 heteroatoms. The highest BCUT2D eigenvalue weighted by Gasteiger charge is 2.47. The van der Waals surface area contributed by atoms with Crippen LogP contribution in [0, 0.1) is 0 Å². The fourth-order valence-corrected chi connectivity index (χ4v) is 4.99. The number of ether oxygens (including phenoxy) is 1. The summed E-state index contributed by atoms with van der Waals surface area (Å²) in [5.74, 6) is -0.340. The minimum absolute atomic E-state index is 0.0550. The second-order valence-electron chi connectivity index (χ2n) is 7.17. The van der Waals surface area contributed by atoms with Crippen molar-refractivity contribution < 1.29 is 22.7 Å². The minimum Gasteiger partial charge on any atom is -0.379 e. The molecule has 1 saturated heterocycles. The Hall–Kier alpha value is -1.63. The van der Waals surface area contributed by atoms with Crippen LogP contribution in [-0.4, -0.2) is 66.2 Å². The molecular weight excluding hydrogens is 487 g/mol. The summed E-state index contributed by atoms with van der Waals surface area (Å²) in [6.07, 6.45) is -4.68. The number of thiophene rings is 1. The Labute approximate surface area is 183 Å². The third kappa shape index (κ3) is 4.51. The number of amides is 1. The largest absolute Gasteiger partial charge is 0.410 e. The molecule has 2 N–H and O–H groups in total. The van der Waals surface area contributed by atoms with Crippen molar-refractivity contribution in [1.29, 1.82) is 0 Å². The van der Waals surface area contributed by atoms with Crippen molar-refractivity contribution in [2.24, 2.45) is 0 Å². The van der Waals surface area contributed by atoms with Gasteiger partial charge in [-0.05, 0) is 27.4 Å². The number of morpholine rings is 1. The Morgan fingerprint density at radius 2 is 2.17 bits per heavy atom. The molecule has 1 fully saturated rings. The number of carbonyl (C=O) groups excluding carboxylic acids is 1. The number of halogens is 4. The molecule has 0 radical (unpaired) electrons. The average Bonchev–Trinajstić information content (AvgIpc) is 3.36. The molecule has 0 aromatic carbocycles. The zero-order valence-corrected chi connectivity index (χ0v) is 18.3. The second-order valence-corrected chi connectivity index (χ2v) is 8.94. The van der Waals surface area contributed by atoms with Gasteiger partial charge in [0.2, 0.25) is 0 Å². The minimum atomic E-state index is -4.48. The molecule has 2 aliphatic rings. The van der Waals surface area contributed by atoms with E-state index in [0.29, 0.717) is 26.3 Å². The van der Waals surface area contributed by atoms with E-state index in [-0.39, 0.29) is 22.4 Å². The normalized spacial score (nSPS) is 22.4. The Morgan fingerprint density at radius 3 is 2.83 bits per heavy atom. The first-order valence-electron chi connectivity index (χ1n) is 9.57. The monoisotopic (exact) mass is 507 g/mol. The highest BCUT2D eigenvalue weighted by atomic mass is 79.9. The zero-order valence-electron chi connectivity index (χ0n) is 15.9. The lowest BCUT2D eigenvalue weighted by Crippen LogP contribution is -2.41. The van der Waals surface area contributed by atoms with E-state index in [1.807, 2.05) is 5.38 Å². The lowest BCUT2D eigenvalue weighted by Gasteiger charge is -2.33. The van der Waals surface area contributed by atoms with Gasteiger partial charge in [-0.1, -0.05) is 6.07 Å². The van der Waals surface area contributed by atoms with Gasteiger partial charge >= 0.3 is 6.18 Å². The predicted octanol–water partition coefficient (Wildman–Crippen LogP) is 3.43. The number of carbonyl (C=O) groups is 1. The number of nitrogens with zero attached hydrogens (tertiary/aromatic N) is 3. The highest BCUT2D eigenvalue weighted by molar-refractivity contribution is 9.10. The summed E-state index contributed by atoms with van der Waals surface area (Å²) in [6, 6.07) is 1.29. The molecule has 0 spiro atoms. The summed E-state index contributed by atoms with van der Waals surface area (Å²) in [7, 11) is 0. The van der Waals surface area contributed by atoms with Crippen LogP contribution < -0.4 is 10.6 Å². The molecule has 0 aliphatic carbocycles. The van der Waals surface area contributed by atoms with Crippen LogP contribution in [0.25, 0.3) is 0 Å². The van der Waals surface area contributed by atoms with Crippen molar-refractivity contribution in [3.8, 4) is 0 Å². The lowest BCUT2D eigenvalue weighted by molar-refractivity contribution is -0.173. The number of hydrogen-bond donors (Lipinski definition) is 2. The fourth-order valence-electron chi connectivity index (χ4n) is 3.65. The van der Waals surface area contributed by atoms with Gasteiger partial charge in [0, 0.05) is 37.5 Å². The Balaban J connectivity index is 1.51. The number of fused-ring (bicyclic) bond motifs is 1. The molecule has 164 valence electrons. The summed E-state index contributed by atoms with van der Waals surface area (Å²) < 4.78 is 47.7. The predicted molar refractivity (Wildman–Crippen MR) is 110 cm³/mol. The number of rotatable bonds is 5. The second kappa shape index (κ2) is 8.85. The summed E-state index contributed by atoms with van der Waals surface area (Å²) in [5.41, 5.74) is -0.0550. The van der Waals surface area contributed by atoms with Gasteiger partial charge in [-0.2, -0.15) is 18.3 Å². The molecular formula is C18H21BrF3N5O2S. The molecule has 2 atom stereocenters. The van der Waals surface area contributed by atoms with Crippen LogP contribution in [0.3, 0.4) is 0 Å². The van der Waals surface area contributed by atoms with Gasteiger partial charge in [0.25, 0.3) is 5.91 Å². The third-order valence-electron chi connectivity index (χ3n) is 5.21. The number of alkyl halides is 3. The quantitative estimate of drug-likeness (QED) is 0.648. The fraction of sp³-hybridized carbons (Fsp3) is 0.556. The SMILES string of the molecule is O=C(NCCN1CCOCC1)c1nn2c(c1Br)N[C@@H](c1cccs1)C[C@@H]2C(F)(F)F. The maximum atomic E-state index is 13.8.